The normalized spacial score (nSPS) is 12.8. The molecule has 6 nitrogen and oxygen atoms in total. The van der Waals surface area contributed by atoms with Crippen LogP contribution in [0.1, 0.15) is 13.8 Å². The van der Waals surface area contributed by atoms with Gasteiger partial charge in [0.1, 0.15) is 5.83 Å². The Kier molecular flexibility index (Phi) is 5.70. The van der Waals surface area contributed by atoms with E-state index in [-0.39, 0.29) is 16.5 Å². The van der Waals surface area contributed by atoms with Crippen molar-refractivity contribution in [1.29, 1.82) is 0 Å². The third-order valence-electron chi connectivity index (χ3n) is 3.88. The predicted molar refractivity (Wildman–Crippen MR) is 110 cm³/mol. The first-order valence-electron chi connectivity index (χ1n) is 8.51. The van der Waals surface area contributed by atoms with Crippen molar-refractivity contribution in [3.05, 3.63) is 77.5 Å². The van der Waals surface area contributed by atoms with E-state index >= 15 is 0 Å². The lowest BCUT2D eigenvalue weighted by molar-refractivity contribution is 0.605. The number of rotatable bonds is 6. The Morgan fingerprint density at radius 1 is 0.964 bits per heavy atom. The summed E-state index contributed by atoms with van der Waals surface area (Å²) in [5.74, 6) is -0.376. The minimum Gasteiger partial charge on any atom is -0.337 e. The summed E-state index contributed by atoms with van der Waals surface area (Å²) in [4.78, 5) is 8.70. The maximum atomic E-state index is 13.5. The molecule has 0 saturated carbocycles. The predicted octanol–water partition coefficient (Wildman–Crippen LogP) is 4.89. The van der Waals surface area contributed by atoms with Gasteiger partial charge < -0.3 is 5.32 Å². The molecule has 3 aromatic rings. The minimum atomic E-state index is -4.01. The standard InChI is InChI=1S/C20H19FN4O2S/c1-3-15(21)13-14(2)28(26,27)25-20-19(22-16-9-5-4-6-10-16)23-17-11-7-8-12-18(17)24-20/h3-13H,1-2H3,(H,22,23)(H,24,25)/b14-13+,15-3+. The molecule has 28 heavy (non-hydrogen) atoms. The molecule has 2 aromatic carbocycles. The molecule has 1 aromatic heterocycles. The number of benzene rings is 2. The quantitative estimate of drug-likeness (QED) is 0.578. The lowest BCUT2D eigenvalue weighted by Gasteiger charge is -2.14. The average Bonchev–Trinajstić information content (AvgIpc) is 2.68. The summed E-state index contributed by atoms with van der Waals surface area (Å²) in [6, 6.07) is 16.3. The van der Waals surface area contributed by atoms with Gasteiger partial charge in [0.15, 0.2) is 11.6 Å². The van der Waals surface area contributed by atoms with Crippen LogP contribution in [0.3, 0.4) is 0 Å². The highest BCUT2D eigenvalue weighted by Crippen LogP contribution is 2.26. The van der Waals surface area contributed by atoms with Gasteiger partial charge in [-0.1, -0.05) is 36.4 Å². The smallest absolute Gasteiger partial charge is 0.259 e. The molecule has 0 radical (unpaired) electrons. The van der Waals surface area contributed by atoms with Gasteiger partial charge in [-0.2, -0.15) is 0 Å². The lowest BCUT2D eigenvalue weighted by atomic mass is 10.3. The number of anilines is 3. The molecular weight excluding hydrogens is 379 g/mol. The molecule has 0 fully saturated rings. The highest BCUT2D eigenvalue weighted by molar-refractivity contribution is 7.96. The maximum absolute atomic E-state index is 13.5. The monoisotopic (exact) mass is 398 g/mol. The van der Waals surface area contributed by atoms with E-state index in [1.165, 1.54) is 19.9 Å². The summed E-state index contributed by atoms with van der Waals surface area (Å²) in [5, 5.41) is 3.07. The van der Waals surface area contributed by atoms with Crippen molar-refractivity contribution < 1.29 is 12.8 Å². The molecule has 1 heterocycles. The Hall–Kier alpha value is -3.26. The van der Waals surface area contributed by atoms with Crippen LogP contribution in [0.15, 0.2) is 77.5 Å². The zero-order valence-corrected chi connectivity index (χ0v) is 16.2. The van der Waals surface area contributed by atoms with Crippen molar-refractivity contribution in [3.8, 4) is 0 Å². The van der Waals surface area contributed by atoms with Crippen LogP contribution in [0.2, 0.25) is 0 Å². The number of aromatic nitrogens is 2. The number of hydrogen-bond donors (Lipinski definition) is 2. The fourth-order valence-electron chi connectivity index (χ4n) is 2.38. The topological polar surface area (TPSA) is 84.0 Å². The van der Waals surface area contributed by atoms with Gasteiger partial charge in [-0.15, -0.1) is 0 Å². The molecule has 0 unspecified atom stereocenters. The second kappa shape index (κ2) is 8.18. The second-order valence-corrected chi connectivity index (χ2v) is 7.79. The first-order valence-corrected chi connectivity index (χ1v) is 9.99. The number of halogens is 1. The SMILES string of the molecule is C/C=C(F)\C=C(/C)S(=O)(=O)Nc1nc2ccccc2nc1Nc1ccccc1. The number of nitrogens with zero attached hydrogens (tertiary/aromatic N) is 2. The molecular formula is C20H19FN4O2S. The summed E-state index contributed by atoms with van der Waals surface area (Å²) in [6.45, 7) is 2.79. The molecule has 0 amide bonds. The Morgan fingerprint density at radius 3 is 2.14 bits per heavy atom. The summed E-state index contributed by atoms with van der Waals surface area (Å²) < 4.78 is 41.1. The molecule has 0 aliphatic heterocycles. The zero-order valence-electron chi connectivity index (χ0n) is 15.3. The van der Waals surface area contributed by atoms with Crippen LogP contribution in [0.4, 0.5) is 21.7 Å². The van der Waals surface area contributed by atoms with Crippen LogP contribution in [0.25, 0.3) is 11.0 Å². The molecule has 144 valence electrons. The molecule has 3 rings (SSSR count). The van der Waals surface area contributed by atoms with Crippen LogP contribution in [-0.2, 0) is 10.0 Å². The fraction of sp³-hybridized carbons (Fsp3) is 0.100. The number of allylic oxidation sites excluding steroid dienone is 4. The molecule has 2 N–H and O–H groups in total. The second-order valence-electron chi connectivity index (χ2n) is 5.93. The third-order valence-corrected chi connectivity index (χ3v) is 5.31. The highest BCUT2D eigenvalue weighted by atomic mass is 32.2. The van der Waals surface area contributed by atoms with Crippen molar-refractivity contribution in [2.24, 2.45) is 0 Å². The van der Waals surface area contributed by atoms with Crippen molar-refractivity contribution >= 4 is 38.4 Å². The molecule has 0 bridgehead atoms. The van der Waals surface area contributed by atoms with E-state index in [4.69, 9.17) is 0 Å². The largest absolute Gasteiger partial charge is 0.337 e. The van der Waals surface area contributed by atoms with E-state index in [1.807, 2.05) is 36.4 Å². The maximum Gasteiger partial charge on any atom is 0.259 e. The number of fused-ring (bicyclic) bond motifs is 1. The number of para-hydroxylation sites is 3. The Balaban J connectivity index is 2.05. The summed E-state index contributed by atoms with van der Waals surface area (Å²) in [6.07, 6.45) is 2.12. The Labute approximate surface area is 162 Å². The van der Waals surface area contributed by atoms with Crippen molar-refractivity contribution in [2.45, 2.75) is 13.8 Å². The van der Waals surface area contributed by atoms with Gasteiger partial charge in [0.05, 0.1) is 15.9 Å². The Bertz CT molecular complexity index is 1160. The number of sulfonamides is 1. The molecule has 0 saturated heterocycles. The van der Waals surface area contributed by atoms with Gasteiger partial charge in [-0.3, -0.25) is 4.72 Å². The summed E-state index contributed by atoms with van der Waals surface area (Å²) >= 11 is 0. The molecule has 8 heteroatoms. The van der Waals surface area contributed by atoms with Crippen LogP contribution in [-0.4, -0.2) is 18.4 Å². The van der Waals surface area contributed by atoms with Crippen LogP contribution < -0.4 is 10.0 Å². The van der Waals surface area contributed by atoms with Gasteiger partial charge in [0.2, 0.25) is 0 Å². The van der Waals surface area contributed by atoms with Gasteiger partial charge >= 0.3 is 0 Å². The number of hydrogen-bond acceptors (Lipinski definition) is 5. The van der Waals surface area contributed by atoms with Gasteiger partial charge in [0.25, 0.3) is 10.0 Å². The van der Waals surface area contributed by atoms with Crippen molar-refractivity contribution in [2.75, 3.05) is 10.0 Å². The average molecular weight is 398 g/mol. The highest BCUT2D eigenvalue weighted by Gasteiger charge is 2.19. The molecule has 0 aliphatic carbocycles. The minimum absolute atomic E-state index is 0.0242. The molecule has 0 spiro atoms. The van der Waals surface area contributed by atoms with Crippen LogP contribution in [0, 0.1) is 0 Å². The van der Waals surface area contributed by atoms with E-state index in [1.54, 1.807) is 18.2 Å². The zero-order chi connectivity index (χ0) is 20.1. The Morgan fingerprint density at radius 2 is 1.54 bits per heavy atom. The molecule has 0 atom stereocenters. The van der Waals surface area contributed by atoms with E-state index in [0.29, 0.717) is 11.0 Å². The lowest BCUT2D eigenvalue weighted by Crippen LogP contribution is -2.16. The van der Waals surface area contributed by atoms with Crippen LogP contribution in [0.5, 0.6) is 0 Å². The summed E-state index contributed by atoms with van der Waals surface area (Å²) in [7, 11) is -4.01. The van der Waals surface area contributed by atoms with Gasteiger partial charge in [-0.05, 0) is 44.2 Å². The number of nitrogens with one attached hydrogen (secondary N) is 2. The van der Waals surface area contributed by atoms with E-state index in [0.717, 1.165) is 11.8 Å². The van der Waals surface area contributed by atoms with Gasteiger partial charge in [0, 0.05) is 5.69 Å². The van der Waals surface area contributed by atoms with Crippen LogP contribution >= 0.6 is 0 Å². The van der Waals surface area contributed by atoms with Gasteiger partial charge in [-0.25, -0.2) is 22.8 Å². The van der Waals surface area contributed by atoms with Crippen molar-refractivity contribution in [1.82, 2.24) is 9.97 Å². The van der Waals surface area contributed by atoms with E-state index in [9.17, 15) is 12.8 Å². The van der Waals surface area contributed by atoms with Crippen molar-refractivity contribution in [3.63, 3.8) is 0 Å². The fourth-order valence-corrected chi connectivity index (χ4v) is 3.21. The van der Waals surface area contributed by atoms with E-state index < -0.39 is 15.9 Å². The summed E-state index contributed by atoms with van der Waals surface area (Å²) in [5.41, 5.74) is 1.86. The molecule has 0 aliphatic rings. The first kappa shape index (κ1) is 19.5. The third kappa shape index (κ3) is 4.52. The first-order chi connectivity index (χ1) is 13.4. The van der Waals surface area contributed by atoms with E-state index in [2.05, 4.69) is 20.0 Å².